The number of imidazole rings is 4. The molecule has 130 heavy (non-hydrogen) atoms. The molecule has 37 nitrogen and oxygen atoms in total. The summed E-state index contributed by atoms with van der Waals surface area (Å²) in [5.41, 5.74) is 45.9. The molecule has 0 aliphatic rings. The van der Waals surface area contributed by atoms with E-state index in [4.69, 9.17) is 38.7 Å². The molecule has 0 radical (unpaired) electrons. The Bertz CT molecular complexity index is 8090. The topological polar surface area (TPSA) is 600 Å². The zero-order valence-electron chi connectivity index (χ0n) is 68.8. The zero-order chi connectivity index (χ0) is 91.1. The highest BCUT2D eigenvalue weighted by Crippen LogP contribution is 2.35. The molecule has 11 aromatic heterocycles. The Morgan fingerprint density at radius 2 is 0.846 bits per heavy atom. The number of nitrogens with two attached hydrogens (primary N) is 5. The first kappa shape index (κ1) is 85.8. The molecule has 0 unspecified atom stereocenters. The number of phenolic OH excluding ortho intramolecular Hbond substituents is 1. The van der Waals surface area contributed by atoms with Crippen LogP contribution in [0.25, 0.3) is 158 Å². The van der Waals surface area contributed by atoms with Crippen molar-refractivity contribution in [2.75, 3.05) is 59.9 Å². The Labute approximate surface area is 748 Å². The number of aromatic nitrogens is 21. The lowest BCUT2D eigenvalue weighted by Crippen LogP contribution is -2.17. The normalized spacial score (nSPS) is 11.3. The molecule has 0 aliphatic carbocycles. The Hall–Kier alpha value is -17.7. The van der Waals surface area contributed by atoms with Gasteiger partial charge in [0.1, 0.15) is 39.8 Å². The first-order valence-corrected chi connectivity index (χ1v) is 44.6. The molecule has 0 aliphatic heterocycles. The summed E-state index contributed by atoms with van der Waals surface area (Å²) in [7, 11) is -8.27. The minimum atomic E-state index is -3.27. The SMILES string of the molecule is COc1ccccc1NC(=O)c1nc(-c2ccc3[nH]ncc3c2)cnc1N.CS(=O)(=O)c1ccc(-c2cnc(N)c(-c3nc4c(O)cccc4[nH]3)n2)cc1.CS(=O)(=O)c1ccc(-c2cnc(N)c(-c3nc4ccc(C#N)cc4[nH]3)n2)cc1.CS(=O)(=O)c1ccc(-c2cnc(N)c(-c3nc4ncccc4[nH]3)n2)cc1.Nc1ncc(-c2ccccc2)nc1-c1nc2ccccc2[nH]1.[HH].[HH].[HH].[HH].[HH].[HH].[HH]. The van der Waals surface area contributed by atoms with Crippen LogP contribution in [0.5, 0.6) is 11.5 Å². The lowest BCUT2D eigenvalue weighted by Gasteiger charge is -2.11. The number of aromatic amines is 5. The molecule has 11 heterocycles. The number of pyridine rings is 1. The van der Waals surface area contributed by atoms with Crippen molar-refractivity contribution < 1.29 is 49.9 Å². The van der Waals surface area contributed by atoms with Crippen LogP contribution in [0.3, 0.4) is 0 Å². The smallest absolute Gasteiger partial charge is 0.278 e. The number of nitrogens with one attached hydrogen (secondary N) is 6. The largest absolute Gasteiger partial charge is 0.506 e. The van der Waals surface area contributed by atoms with E-state index in [1.807, 2.05) is 84.9 Å². The van der Waals surface area contributed by atoms with Gasteiger partial charge in [0.15, 0.2) is 93.2 Å². The maximum atomic E-state index is 12.7. The van der Waals surface area contributed by atoms with Gasteiger partial charge in [0, 0.05) is 68.2 Å². The average molecular weight is 1800 g/mol. The second-order valence-corrected chi connectivity index (χ2v) is 34.8. The minimum absolute atomic E-state index is 0. The molecule has 0 saturated heterocycles. The number of para-hydroxylation sites is 5. The van der Waals surface area contributed by atoms with Crippen LogP contribution in [-0.2, 0) is 29.5 Å². The van der Waals surface area contributed by atoms with Crippen LogP contribution in [-0.4, -0.2) is 167 Å². The molecule has 17 N–H and O–H groups in total. The van der Waals surface area contributed by atoms with E-state index in [2.05, 4.69) is 116 Å². The number of rotatable bonds is 15. The number of carbonyl (C=O) groups is 1. The van der Waals surface area contributed by atoms with Crippen LogP contribution >= 0.6 is 0 Å². The van der Waals surface area contributed by atoms with Crippen LogP contribution < -0.4 is 38.7 Å². The number of methoxy groups -OCH3 is 1. The van der Waals surface area contributed by atoms with Gasteiger partial charge in [-0.3, -0.25) is 9.89 Å². The number of anilines is 6. The fraction of sp³-hybridized carbons (Fsp3) is 0.0444. The van der Waals surface area contributed by atoms with E-state index in [1.165, 1.54) is 74.6 Å². The number of hydrogen-bond acceptors (Lipinski definition) is 31. The predicted octanol–water partition coefficient (Wildman–Crippen LogP) is 14.8. The average Bonchev–Trinajstić information content (AvgIpc) is 1.65. The van der Waals surface area contributed by atoms with Gasteiger partial charge >= 0.3 is 0 Å². The molecule has 0 spiro atoms. The third-order valence-corrected chi connectivity index (χ3v) is 23.1. The zero-order valence-corrected chi connectivity index (χ0v) is 71.2. The summed E-state index contributed by atoms with van der Waals surface area (Å²) < 4.78 is 74.9. The van der Waals surface area contributed by atoms with Crippen molar-refractivity contribution in [3.8, 4) is 120 Å². The van der Waals surface area contributed by atoms with E-state index in [0.29, 0.717) is 131 Å². The number of hydrogen-bond donors (Lipinski definition) is 12. The van der Waals surface area contributed by atoms with Gasteiger partial charge in [-0.05, 0) is 115 Å². The number of nitrogens with zero attached hydrogens (tertiary/aromatic N) is 17. The van der Waals surface area contributed by atoms with Crippen LogP contribution in [0.15, 0.2) is 276 Å². The molecule has 0 bridgehead atoms. The predicted molar refractivity (Wildman–Crippen MR) is 509 cm³/mol. The second kappa shape index (κ2) is 36.2. The Balaban J connectivity index is 0.000000190. The summed E-state index contributed by atoms with van der Waals surface area (Å²) in [6, 6.07) is 65.5. The number of nitrogen functional groups attached to an aromatic ring is 5. The molecule has 0 atom stereocenters. The van der Waals surface area contributed by atoms with Crippen molar-refractivity contribution in [1.82, 2.24) is 105 Å². The maximum Gasteiger partial charge on any atom is 0.278 e. The number of aromatic hydroxyl groups is 1. The molecule has 658 valence electrons. The number of fused-ring (bicyclic) bond motifs is 5. The summed E-state index contributed by atoms with van der Waals surface area (Å²) in [5, 5.41) is 29.6. The molecule has 0 fully saturated rings. The van der Waals surface area contributed by atoms with Crippen molar-refractivity contribution in [3.05, 3.63) is 273 Å². The van der Waals surface area contributed by atoms with E-state index in [9.17, 15) is 35.2 Å². The second-order valence-electron chi connectivity index (χ2n) is 28.8. The fourth-order valence-electron chi connectivity index (χ4n) is 13.2. The van der Waals surface area contributed by atoms with Crippen molar-refractivity contribution in [1.29, 1.82) is 5.26 Å². The van der Waals surface area contributed by atoms with Gasteiger partial charge in [-0.1, -0.05) is 103 Å². The summed E-state index contributed by atoms with van der Waals surface area (Å²) in [6.07, 6.45) is 14.6. The highest BCUT2D eigenvalue weighted by molar-refractivity contribution is 7.91. The fourth-order valence-corrected chi connectivity index (χ4v) is 15.0. The van der Waals surface area contributed by atoms with Crippen LogP contribution in [0.2, 0.25) is 0 Å². The lowest BCUT2D eigenvalue weighted by atomic mass is 10.1. The van der Waals surface area contributed by atoms with E-state index in [0.717, 1.165) is 62.3 Å². The number of sulfone groups is 3. The van der Waals surface area contributed by atoms with E-state index >= 15 is 0 Å². The van der Waals surface area contributed by atoms with Gasteiger partial charge in [0.2, 0.25) is 0 Å². The van der Waals surface area contributed by atoms with Gasteiger partial charge in [0.25, 0.3) is 5.91 Å². The number of H-pyrrole nitrogens is 5. The van der Waals surface area contributed by atoms with E-state index in [1.54, 1.807) is 116 Å². The molecule has 20 rings (SSSR count). The third-order valence-electron chi connectivity index (χ3n) is 19.8. The van der Waals surface area contributed by atoms with Crippen molar-refractivity contribution in [2.45, 2.75) is 14.7 Å². The highest BCUT2D eigenvalue weighted by Gasteiger charge is 2.23. The third kappa shape index (κ3) is 19.1. The molecule has 40 heteroatoms. The number of benzene rings is 9. The first-order valence-electron chi connectivity index (χ1n) is 38.9. The summed E-state index contributed by atoms with van der Waals surface area (Å²) in [4.78, 5) is 91.5. The molecule has 20 aromatic rings. The van der Waals surface area contributed by atoms with Crippen LogP contribution in [0.1, 0.15) is 26.0 Å². The molecular weight excluding hydrogens is 1710 g/mol. The maximum absolute atomic E-state index is 12.7. The van der Waals surface area contributed by atoms with Gasteiger partial charge < -0.3 is 63.8 Å². The van der Waals surface area contributed by atoms with Crippen molar-refractivity contribution >= 4 is 125 Å². The number of nitriles is 1. The summed E-state index contributed by atoms with van der Waals surface area (Å²) in [5.74, 6) is 3.08. The van der Waals surface area contributed by atoms with Crippen molar-refractivity contribution in [2.24, 2.45) is 0 Å². The van der Waals surface area contributed by atoms with E-state index < -0.39 is 35.4 Å². The van der Waals surface area contributed by atoms with Gasteiger partial charge in [-0.25, -0.2) is 100 Å². The Morgan fingerprint density at radius 1 is 0.408 bits per heavy atom. The number of phenols is 1. The first-order chi connectivity index (χ1) is 62.5. The lowest BCUT2D eigenvalue weighted by molar-refractivity contribution is 0.102. The quantitative estimate of drug-likeness (QED) is 0.0453. The standard InChI is InChI=1S/C19H14N6O2S.C19H16N6O2.C18H15N5O3S.C17H14N6O2S.C17H13N5.7H2/c1-28(26,27)13-5-3-12(4-6-13)16-10-22-18(21)17(23-16)19-24-14-7-2-11(9-20)8-15(14)25-19;1-27-16-5-3-2-4-14(16)24-19(26)17-18(20)21-10-15(23-17)11-6-7-13-12(8-11)9-22-25-13;1-27(25,26)11-7-5-10(6-8-11)13-9-20-17(19)16(21-13)18-22-12-3-2-4-14(24)15(12)23-18;1-26(24,25)11-6-4-10(5-7-11)13-9-20-15(18)14(21-13)17-22-12-3-2-8-19-16(12)23-17;18-16-15(17-21-12-8-4-5-9-13(12)22-17)20-14(10-19-16)11-6-2-1-3-7-11;;;;;;;/h2-8,10H,1H3,(H2,21,22)(H,24,25);2-10H,1H3,(H2,20,21)(H,22,25)(H,24,26);2-9,24H,1H3,(H2,19,20)(H,22,23);2-9H,1H3,(H2,18,20)(H,19,22,23);1-10H,(H2,18,19)(H,21,22);7*1H. The monoisotopic (exact) mass is 1800 g/mol. The molecule has 9 aromatic carbocycles. The molecule has 0 saturated carbocycles. The summed E-state index contributed by atoms with van der Waals surface area (Å²) >= 11 is 0. The Kier molecular flexibility index (Phi) is 23.9. The number of amides is 1. The molecular formula is C90H86N28O9S3. The minimum Gasteiger partial charge on any atom is -0.506 e. The highest BCUT2D eigenvalue weighted by atomic mass is 32.2. The molecule has 1 amide bonds. The van der Waals surface area contributed by atoms with Crippen molar-refractivity contribution in [3.63, 3.8) is 0 Å². The van der Waals surface area contributed by atoms with Gasteiger partial charge in [0.05, 0.1) is 143 Å². The Morgan fingerprint density at radius 3 is 1.36 bits per heavy atom. The van der Waals surface area contributed by atoms with Gasteiger partial charge in [-0.2, -0.15) is 10.4 Å². The number of carbonyl (C=O) groups excluding carboxylic acids is 1. The van der Waals surface area contributed by atoms with E-state index in [-0.39, 0.29) is 59.4 Å². The summed E-state index contributed by atoms with van der Waals surface area (Å²) in [6.45, 7) is 0. The van der Waals surface area contributed by atoms with Gasteiger partial charge in [-0.15, -0.1) is 0 Å². The number of ether oxygens (including phenoxy) is 1. The van der Waals surface area contributed by atoms with Crippen LogP contribution in [0, 0.1) is 11.3 Å². The van der Waals surface area contributed by atoms with Crippen LogP contribution in [0.4, 0.5) is 34.8 Å².